The van der Waals surface area contributed by atoms with Crippen LogP contribution in [-0.2, 0) is 0 Å². The Bertz CT molecular complexity index is 2770. The first kappa shape index (κ1) is 25.2. The summed E-state index contributed by atoms with van der Waals surface area (Å²) in [6, 6.07) is 42.1. The number of furan rings is 1. The molecule has 4 nitrogen and oxygen atoms in total. The Balaban J connectivity index is 1.30. The molecule has 3 unspecified atom stereocenters. The average Bonchev–Trinajstić information content (AvgIpc) is 3.69. The monoisotopic (exact) mass is 614 g/mol. The number of hydrogen-bond donors (Lipinski definition) is 0. The van der Waals surface area contributed by atoms with E-state index in [2.05, 4.69) is 166 Å². The van der Waals surface area contributed by atoms with E-state index in [0.29, 0.717) is 0 Å². The third-order valence-corrected chi connectivity index (χ3v) is 11.2. The minimum Gasteiger partial charge on any atom is -0.456 e. The molecule has 4 heterocycles. The molecule has 12 rings (SSSR count). The summed E-state index contributed by atoms with van der Waals surface area (Å²) < 4.78 is 9.33. The molecule has 48 heavy (non-hydrogen) atoms. The molecule has 0 saturated heterocycles. The molecular formula is C44H28N3O+. The van der Waals surface area contributed by atoms with Gasteiger partial charge in [0.2, 0.25) is 17.1 Å². The fourth-order valence-electron chi connectivity index (χ4n) is 9.30. The van der Waals surface area contributed by atoms with Crippen molar-refractivity contribution in [1.29, 1.82) is 0 Å². The molecule has 5 aromatic carbocycles. The molecular weight excluding hydrogens is 587 g/mol. The van der Waals surface area contributed by atoms with Gasteiger partial charge >= 0.3 is 0 Å². The lowest BCUT2D eigenvalue weighted by atomic mass is 9.78. The summed E-state index contributed by atoms with van der Waals surface area (Å²) in [5.41, 5.74) is 14.7. The lowest BCUT2D eigenvalue weighted by Gasteiger charge is -2.53. The van der Waals surface area contributed by atoms with Gasteiger partial charge in [-0.15, -0.1) is 0 Å². The van der Waals surface area contributed by atoms with Crippen LogP contribution in [0.3, 0.4) is 0 Å². The SMILES string of the molecule is C1=CC2=C3C=c4oc5ccccc5c4=C4C3N(C3C(=[N+]4c4ccc5ccccc5c4)C=Cc4ccccc43)N3c4ccccc4C(=C1)C23. The lowest BCUT2D eigenvalue weighted by molar-refractivity contribution is -0.355. The van der Waals surface area contributed by atoms with Gasteiger partial charge in [0.1, 0.15) is 23.1 Å². The third-order valence-electron chi connectivity index (χ3n) is 11.2. The maximum Gasteiger partial charge on any atom is 0.223 e. The average molecular weight is 615 g/mol. The Hall–Kier alpha value is -5.97. The van der Waals surface area contributed by atoms with E-state index in [1.165, 1.54) is 72.2 Å². The van der Waals surface area contributed by atoms with Crippen molar-refractivity contribution in [2.24, 2.45) is 0 Å². The van der Waals surface area contributed by atoms with Crippen LogP contribution < -0.4 is 15.6 Å². The van der Waals surface area contributed by atoms with Crippen LogP contribution in [0.2, 0.25) is 0 Å². The first-order valence-corrected chi connectivity index (χ1v) is 16.8. The van der Waals surface area contributed by atoms with Gasteiger partial charge in [0, 0.05) is 29.2 Å². The molecule has 0 N–H and O–H groups in total. The van der Waals surface area contributed by atoms with Crippen LogP contribution in [0.5, 0.6) is 0 Å². The molecule has 6 aliphatic rings. The lowest BCUT2D eigenvalue weighted by Crippen LogP contribution is -2.65. The summed E-state index contributed by atoms with van der Waals surface area (Å²) in [4.78, 5) is 0. The minimum atomic E-state index is -0.0558. The highest BCUT2D eigenvalue weighted by Gasteiger charge is 2.59. The second kappa shape index (κ2) is 8.88. The first-order valence-electron chi connectivity index (χ1n) is 16.8. The largest absolute Gasteiger partial charge is 0.456 e. The Kier molecular flexibility index (Phi) is 4.66. The van der Waals surface area contributed by atoms with Gasteiger partial charge in [0.15, 0.2) is 0 Å². The van der Waals surface area contributed by atoms with E-state index in [1.807, 2.05) is 0 Å². The molecule has 0 bridgehead atoms. The Morgan fingerprint density at radius 3 is 2.48 bits per heavy atom. The van der Waals surface area contributed by atoms with E-state index in [0.717, 1.165) is 16.4 Å². The van der Waals surface area contributed by atoms with Crippen molar-refractivity contribution >= 4 is 62.3 Å². The van der Waals surface area contributed by atoms with Gasteiger partial charge in [-0.05, 0) is 69.0 Å². The number of nitrogens with zero attached hydrogens (tertiary/aromatic N) is 3. The molecule has 0 radical (unpaired) electrons. The van der Waals surface area contributed by atoms with E-state index in [4.69, 9.17) is 4.42 Å². The van der Waals surface area contributed by atoms with Crippen LogP contribution in [0.15, 0.2) is 155 Å². The fourth-order valence-corrected chi connectivity index (χ4v) is 9.30. The van der Waals surface area contributed by atoms with Crippen molar-refractivity contribution in [3.63, 3.8) is 0 Å². The van der Waals surface area contributed by atoms with E-state index in [-0.39, 0.29) is 18.1 Å². The van der Waals surface area contributed by atoms with Gasteiger partial charge in [0.25, 0.3) is 0 Å². The normalized spacial score (nSPS) is 22.6. The van der Waals surface area contributed by atoms with Gasteiger partial charge in [0.05, 0.1) is 16.9 Å². The van der Waals surface area contributed by atoms with Gasteiger partial charge in [-0.1, -0.05) is 103 Å². The zero-order chi connectivity index (χ0) is 31.1. The van der Waals surface area contributed by atoms with Crippen molar-refractivity contribution < 1.29 is 8.99 Å². The predicted molar refractivity (Wildman–Crippen MR) is 193 cm³/mol. The van der Waals surface area contributed by atoms with Crippen molar-refractivity contribution in [3.8, 4) is 0 Å². The molecule has 1 aromatic heterocycles. The van der Waals surface area contributed by atoms with E-state index in [9.17, 15) is 0 Å². The smallest absolute Gasteiger partial charge is 0.223 e. The Morgan fingerprint density at radius 2 is 1.50 bits per heavy atom. The Morgan fingerprint density at radius 1 is 0.667 bits per heavy atom. The molecule has 6 aromatic rings. The highest BCUT2D eigenvalue weighted by Crippen LogP contribution is 2.56. The van der Waals surface area contributed by atoms with Crippen LogP contribution in [0.4, 0.5) is 11.4 Å². The Labute approximate surface area is 276 Å². The number of benzene rings is 5. The highest BCUT2D eigenvalue weighted by molar-refractivity contribution is 6.07. The van der Waals surface area contributed by atoms with Crippen molar-refractivity contribution in [2.45, 2.75) is 18.1 Å². The zero-order valence-corrected chi connectivity index (χ0v) is 25.9. The maximum absolute atomic E-state index is 6.75. The number of anilines is 1. The van der Waals surface area contributed by atoms with Crippen molar-refractivity contribution in [2.75, 3.05) is 5.01 Å². The molecule has 0 fully saturated rings. The molecule has 0 spiro atoms. The van der Waals surface area contributed by atoms with Crippen LogP contribution >= 0.6 is 0 Å². The highest BCUT2D eigenvalue weighted by atomic mass is 16.3. The number of allylic oxidation sites excluding steroid dienone is 2. The summed E-state index contributed by atoms with van der Waals surface area (Å²) in [6.45, 7) is 0. The third kappa shape index (κ3) is 3.02. The minimum absolute atomic E-state index is 0.0191. The number of fused-ring (bicyclic) bond motifs is 12. The first-order chi connectivity index (χ1) is 23.8. The van der Waals surface area contributed by atoms with Crippen LogP contribution in [-0.4, -0.2) is 27.4 Å². The summed E-state index contributed by atoms with van der Waals surface area (Å²) in [7, 11) is 0. The summed E-state index contributed by atoms with van der Waals surface area (Å²) in [6.07, 6.45) is 13.9. The molecule has 3 aliphatic heterocycles. The number of hydrogen-bond acceptors (Lipinski definition) is 3. The van der Waals surface area contributed by atoms with Crippen molar-refractivity contribution in [1.82, 2.24) is 5.01 Å². The van der Waals surface area contributed by atoms with Gasteiger partial charge in [-0.3, -0.25) is 5.01 Å². The van der Waals surface area contributed by atoms with Crippen LogP contribution in [0, 0.1) is 0 Å². The molecule has 0 saturated carbocycles. The molecule has 3 aliphatic carbocycles. The zero-order valence-electron chi connectivity index (χ0n) is 25.9. The van der Waals surface area contributed by atoms with E-state index in [1.54, 1.807) is 0 Å². The second-order valence-electron chi connectivity index (χ2n) is 13.5. The summed E-state index contributed by atoms with van der Waals surface area (Å²) >= 11 is 0. The predicted octanol–water partition coefficient (Wildman–Crippen LogP) is 7.79. The topological polar surface area (TPSA) is 22.6 Å². The number of para-hydroxylation sites is 2. The van der Waals surface area contributed by atoms with Gasteiger partial charge < -0.3 is 4.42 Å². The molecule has 4 heteroatoms. The summed E-state index contributed by atoms with van der Waals surface area (Å²) in [5, 5.41) is 10.2. The number of hydrazine groups is 1. The molecule has 0 amide bonds. The molecule has 224 valence electrons. The van der Waals surface area contributed by atoms with Crippen LogP contribution in [0.25, 0.3) is 45.2 Å². The summed E-state index contributed by atoms with van der Waals surface area (Å²) in [5.74, 6) is 0. The second-order valence-corrected chi connectivity index (χ2v) is 13.5. The number of rotatable bonds is 1. The maximum atomic E-state index is 6.75. The molecule has 3 atom stereocenters. The quantitative estimate of drug-likeness (QED) is 0.177. The van der Waals surface area contributed by atoms with E-state index >= 15 is 0 Å². The van der Waals surface area contributed by atoms with Crippen molar-refractivity contribution in [3.05, 3.63) is 178 Å². The fraction of sp³-hybridized carbons (Fsp3) is 0.0682. The van der Waals surface area contributed by atoms with Gasteiger partial charge in [-0.2, -0.15) is 9.58 Å². The van der Waals surface area contributed by atoms with Gasteiger partial charge in [-0.25, -0.2) is 0 Å². The van der Waals surface area contributed by atoms with Crippen LogP contribution in [0.1, 0.15) is 22.7 Å². The standard InChI is InChI=1S/C44H28N3O/c1-2-12-28-24-29(22-20-26(28)10-1)45-37-23-21-27-11-3-4-13-30(27)42(37)47-43-35(25-39-40(44(43)45)34-15-6-8-19-38(34)48-39)33-17-9-16-32-31-14-5-7-18-36(31)46(47)41(32)33/h1-25,41-43H/q+1. The van der Waals surface area contributed by atoms with E-state index < -0.39 is 0 Å².